The predicted molar refractivity (Wildman–Crippen MR) is 81.9 cm³/mol. The van der Waals surface area contributed by atoms with Crippen LogP contribution in [0.1, 0.15) is 16.8 Å². The minimum atomic E-state index is -0.725. The number of hydrogen-bond acceptors (Lipinski definition) is 3. The Morgan fingerprint density at radius 2 is 2.39 bits per heavy atom. The Kier molecular flexibility index (Phi) is 4.41. The van der Waals surface area contributed by atoms with E-state index in [-0.39, 0.29) is 5.91 Å². The summed E-state index contributed by atoms with van der Waals surface area (Å²) in [6.45, 7) is 0. The molecule has 1 aliphatic rings. The van der Waals surface area contributed by atoms with E-state index in [1.165, 1.54) is 0 Å². The number of carbonyl (C=O) groups excluding carboxylic acids is 1. The molecule has 0 aromatic heterocycles. The van der Waals surface area contributed by atoms with E-state index in [4.69, 9.17) is 11.6 Å². The Morgan fingerprint density at radius 1 is 1.61 bits per heavy atom. The molecular weight excluding hydrogens is 383 g/mol. The van der Waals surface area contributed by atoms with E-state index in [0.717, 1.165) is 9.32 Å². The number of thioether (sulfide) groups is 1. The molecule has 1 atom stereocenters. The van der Waals surface area contributed by atoms with E-state index in [9.17, 15) is 10.1 Å². The molecule has 1 aliphatic heterocycles. The molecule has 1 heterocycles. The van der Waals surface area contributed by atoms with Crippen LogP contribution >= 0.6 is 46.0 Å². The zero-order valence-corrected chi connectivity index (χ0v) is 13.1. The molecule has 6 heteroatoms. The quantitative estimate of drug-likeness (QED) is 0.787. The van der Waals surface area contributed by atoms with Gasteiger partial charge in [-0.25, -0.2) is 0 Å². The molecule has 0 bridgehead atoms. The summed E-state index contributed by atoms with van der Waals surface area (Å²) in [6.07, 6.45) is 0.692. The molecule has 0 spiro atoms. The lowest BCUT2D eigenvalue weighted by molar-refractivity contribution is 0.0926. The van der Waals surface area contributed by atoms with Crippen LogP contribution < -0.4 is 5.32 Å². The zero-order valence-electron chi connectivity index (χ0n) is 9.37. The molecule has 1 fully saturated rings. The second kappa shape index (κ2) is 5.68. The first-order valence-corrected chi connectivity index (χ1v) is 7.94. The SMILES string of the molecule is N#CC1(NC(=O)c2ccc(I)c(Cl)c2)CCSC1. The van der Waals surface area contributed by atoms with Crippen LogP contribution in [0.15, 0.2) is 18.2 Å². The lowest BCUT2D eigenvalue weighted by atomic mass is 10.0. The average molecular weight is 393 g/mol. The molecule has 18 heavy (non-hydrogen) atoms. The molecule has 2 rings (SSSR count). The summed E-state index contributed by atoms with van der Waals surface area (Å²) in [5.74, 6) is 1.31. The second-order valence-corrected chi connectivity index (χ2v) is 6.75. The van der Waals surface area contributed by atoms with Gasteiger partial charge in [0.15, 0.2) is 0 Å². The van der Waals surface area contributed by atoms with Crippen LogP contribution in [0.3, 0.4) is 0 Å². The number of nitrogens with one attached hydrogen (secondary N) is 1. The van der Waals surface area contributed by atoms with Crippen molar-refractivity contribution < 1.29 is 4.79 Å². The van der Waals surface area contributed by atoms with Gasteiger partial charge < -0.3 is 5.32 Å². The van der Waals surface area contributed by atoms with E-state index < -0.39 is 5.54 Å². The van der Waals surface area contributed by atoms with Crippen LogP contribution in [0.4, 0.5) is 0 Å². The third kappa shape index (κ3) is 2.92. The fraction of sp³-hybridized carbons (Fsp3) is 0.333. The van der Waals surface area contributed by atoms with Crippen molar-refractivity contribution in [1.82, 2.24) is 5.32 Å². The van der Waals surface area contributed by atoms with Gasteiger partial charge in [-0.2, -0.15) is 17.0 Å². The van der Waals surface area contributed by atoms with Crippen LogP contribution in [0.5, 0.6) is 0 Å². The summed E-state index contributed by atoms with van der Waals surface area (Å²) >= 11 is 9.78. The molecule has 0 saturated carbocycles. The van der Waals surface area contributed by atoms with Gasteiger partial charge in [0.05, 0.1) is 11.1 Å². The first kappa shape index (κ1) is 14.0. The summed E-state index contributed by atoms with van der Waals surface area (Å²) in [7, 11) is 0. The van der Waals surface area contributed by atoms with Crippen molar-refractivity contribution in [2.45, 2.75) is 12.0 Å². The van der Waals surface area contributed by atoms with Crippen LogP contribution in [-0.2, 0) is 0 Å². The molecule has 94 valence electrons. The normalized spacial score (nSPS) is 22.5. The van der Waals surface area contributed by atoms with Gasteiger partial charge in [-0.15, -0.1) is 0 Å². The van der Waals surface area contributed by atoms with E-state index in [2.05, 4.69) is 34.0 Å². The van der Waals surface area contributed by atoms with Crippen molar-refractivity contribution in [3.05, 3.63) is 32.4 Å². The standard InChI is InChI=1S/C12H10ClIN2OS/c13-9-5-8(1-2-10(9)14)11(17)16-12(6-15)3-4-18-7-12/h1-2,5H,3-4,7H2,(H,16,17). The molecule has 1 aromatic rings. The van der Waals surface area contributed by atoms with Crippen LogP contribution in [0, 0.1) is 14.9 Å². The van der Waals surface area contributed by atoms with Gasteiger partial charge in [0.1, 0.15) is 5.54 Å². The number of rotatable bonds is 2. The Labute approximate surface area is 128 Å². The number of nitrogens with zero attached hydrogens (tertiary/aromatic N) is 1. The Hall–Kier alpha value is -0.450. The number of benzene rings is 1. The Balaban J connectivity index is 2.17. The van der Waals surface area contributed by atoms with Gasteiger partial charge in [-0.1, -0.05) is 11.6 Å². The summed E-state index contributed by atoms with van der Waals surface area (Å²) in [6, 6.07) is 7.36. The summed E-state index contributed by atoms with van der Waals surface area (Å²) < 4.78 is 0.900. The van der Waals surface area contributed by atoms with Crippen molar-refractivity contribution >= 4 is 51.9 Å². The number of nitriles is 1. The maximum absolute atomic E-state index is 12.1. The van der Waals surface area contributed by atoms with Crippen LogP contribution in [0.2, 0.25) is 5.02 Å². The topological polar surface area (TPSA) is 52.9 Å². The van der Waals surface area contributed by atoms with Crippen molar-refractivity contribution in [3.8, 4) is 6.07 Å². The summed E-state index contributed by atoms with van der Waals surface area (Å²) in [5.41, 5.74) is -0.232. The highest BCUT2D eigenvalue weighted by Gasteiger charge is 2.36. The highest BCUT2D eigenvalue weighted by atomic mass is 127. The van der Waals surface area contributed by atoms with E-state index in [1.807, 2.05) is 0 Å². The minimum Gasteiger partial charge on any atom is -0.333 e. The summed E-state index contributed by atoms with van der Waals surface area (Å²) in [4.78, 5) is 12.1. The van der Waals surface area contributed by atoms with Crippen molar-refractivity contribution in [2.75, 3.05) is 11.5 Å². The molecule has 1 amide bonds. The summed E-state index contributed by atoms with van der Waals surface area (Å²) in [5, 5.41) is 12.6. The van der Waals surface area contributed by atoms with Crippen molar-refractivity contribution in [3.63, 3.8) is 0 Å². The van der Waals surface area contributed by atoms with Gasteiger partial charge >= 0.3 is 0 Å². The third-order valence-corrected chi connectivity index (χ3v) is 5.53. The molecule has 0 aliphatic carbocycles. The molecule has 1 saturated heterocycles. The maximum Gasteiger partial charge on any atom is 0.252 e. The van der Waals surface area contributed by atoms with Crippen molar-refractivity contribution in [1.29, 1.82) is 5.26 Å². The maximum atomic E-state index is 12.1. The number of hydrogen-bond donors (Lipinski definition) is 1. The average Bonchev–Trinajstić information content (AvgIpc) is 2.82. The molecule has 0 radical (unpaired) electrons. The minimum absolute atomic E-state index is 0.239. The van der Waals surface area contributed by atoms with Crippen LogP contribution in [0.25, 0.3) is 0 Å². The Morgan fingerprint density at radius 3 is 2.94 bits per heavy atom. The highest BCUT2D eigenvalue weighted by molar-refractivity contribution is 14.1. The molecule has 1 aromatic carbocycles. The molecule has 3 nitrogen and oxygen atoms in total. The second-order valence-electron chi connectivity index (χ2n) is 4.08. The lowest BCUT2D eigenvalue weighted by Crippen LogP contribution is -2.47. The van der Waals surface area contributed by atoms with Gasteiger partial charge in [-0.05, 0) is 53.0 Å². The zero-order chi connectivity index (χ0) is 13.2. The van der Waals surface area contributed by atoms with Gasteiger partial charge in [0.25, 0.3) is 5.91 Å². The predicted octanol–water partition coefficient (Wildman–Crippen LogP) is 3.07. The third-order valence-electron chi connectivity index (χ3n) is 2.77. The molecular formula is C12H10ClIN2OS. The first-order chi connectivity index (χ1) is 8.56. The van der Waals surface area contributed by atoms with Crippen LogP contribution in [-0.4, -0.2) is 23.0 Å². The number of amides is 1. The lowest BCUT2D eigenvalue weighted by Gasteiger charge is -2.21. The highest BCUT2D eigenvalue weighted by Crippen LogP contribution is 2.28. The van der Waals surface area contributed by atoms with Gasteiger partial charge in [-0.3, -0.25) is 4.79 Å². The fourth-order valence-corrected chi connectivity index (χ4v) is 3.49. The van der Waals surface area contributed by atoms with Gasteiger partial charge in [0.2, 0.25) is 0 Å². The Bertz CT molecular complexity index is 523. The first-order valence-electron chi connectivity index (χ1n) is 5.33. The van der Waals surface area contributed by atoms with Crippen molar-refractivity contribution in [2.24, 2.45) is 0 Å². The molecule has 1 N–H and O–H groups in total. The number of carbonyl (C=O) groups is 1. The molecule has 1 unspecified atom stereocenters. The fourth-order valence-electron chi connectivity index (χ4n) is 1.71. The van der Waals surface area contributed by atoms with Gasteiger partial charge in [0, 0.05) is 14.9 Å². The van der Waals surface area contributed by atoms with E-state index in [0.29, 0.717) is 22.8 Å². The smallest absolute Gasteiger partial charge is 0.252 e. The van der Waals surface area contributed by atoms with E-state index in [1.54, 1.807) is 30.0 Å². The van der Waals surface area contributed by atoms with E-state index >= 15 is 0 Å². The monoisotopic (exact) mass is 392 g/mol. The largest absolute Gasteiger partial charge is 0.333 e. The number of halogens is 2.